The van der Waals surface area contributed by atoms with Crippen molar-refractivity contribution in [3.8, 4) is 0 Å². The molecule has 4 rings (SSSR count). The van der Waals surface area contributed by atoms with Gasteiger partial charge in [-0.15, -0.1) is 0 Å². The Hall–Kier alpha value is -2.14. The standard InChI is InChI=1S/C27H38N4/c1-21-6-4-7-23(18-21)24(12-17-29-14-5-13-28)26-20-31(19-22-10-15-30-16-11-22)27-9-3-2-8-25(26)27/h2-4,6-9,18,20,22,24,29-30H,5,10-17,19,28H2,1H3. The number of hydrogen-bond donors (Lipinski definition) is 3. The molecular weight excluding hydrogens is 380 g/mol. The number of piperidine rings is 1. The van der Waals surface area contributed by atoms with Gasteiger partial charge in [0.25, 0.3) is 0 Å². The number of rotatable bonds is 10. The van der Waals surface area contributed by atoms with Crippen LogP contribution in [-0.4, -0.2) is 37.3 Å². The first-order valence-corrected chi connectivity index (χ1v) is 12.0. The Bertz CT molecular complexity index is 955. The highest BCUT2D eigenvalue weighted by atomic mass is 15.0. The van der Waals surface area contributed by atoms with E-state index in [1.54, 1.807) is 0 Å². The zero-order chi connectivity index (χ0) is 21.5. The number of benzene rings is 2. The van der Waals surface area contributed by atoms with Crippen molar-refractivity contribution in [2.75, 3.05) is 32.7 Å². The van der Waals surface area contributed by atoms with Crippen molar-refractivity contribution in [2.24, 2.45) is 11.7 Å². The molecule has 1 aliphatic heterocycles. The number of aromatic nitrogens is 1. The first-order valence-electron chi connectivity index (χ1n) is 12.0. The molecule has 0 aliphatic carbocycles. The van der Waals surface area contributed by atoms with Crippen LogP contribution in [0, 0.1) is 12.8 Å². The second-order valence-electron chi connectivity index (χ2n) is 9.09. The number of hydrogen-bond acceptors (Lipinski definition) is 3. The molecule has 2 aromatic carbocycles. The summed E-state index contributed by atoms with van der Waals surface area (Å²) in [7, 11) is 0. The quantitative estimate of drug-likeness (QED) is 0.428. The average Bonchev–Trinajstić information content (AvgIpc) is 3.15. The maximum Gasteiger partial charge on any atom is 0.0483 e. The van der Waals surface area contributed by atoms with Gasteiger partial charge in [0, 0.05) is 29.6 Å². The summed E-state index contributed by atoms with van der Waals surface area (Å²) < 4.78 is 2.53. The van der Waals surface area contributed by atoms with E-state index in [0.29, 0.717) is 5.92 Å². The molecule has 1 saturated heterocycles. The van der Waals surface area contributed by atoms with E-state index in [9.17, 15) is 0 Å². The van der Waals surface area contributed by atoms with E-state index < -0.39 is 0 Å². The molecule has 0 radical (unpaired) electrons. The molecule has 1 aromatic heterocycles. The third-order valence-electron chi connectivity index (χ3n) is 6.72. The molecule has 1 unspecified atom stereocenters. The molecule has 4 N–H and O–H groups in total. The summed E-state index contributed by atoms with van der Waals surface area (Å²) in [5.74, 6) is 1.16. The van der Waals surface area contributed by atoms with Crippen LogP contribution >= 0.6 is 0 Å². The summed E-state index contributed by atoms with van der Waals surface area (Å²) in [6.45, 7) is 8.37. The van der Waals surface area contributed by atoms with E-state index in [2.05, 4.69) is 76.9 Å². The molecular formula is C27H38N4. The van der Waals surface area contributed by atoms with Gasteiger partial charge in [-0.05, 0) is 88.4 Å². The summed E-state index contributed by atoms with van der Waals surface area (Å²) in [6.07, 6.45) is 7.13. The second-order valence-corrected chi connectivity index (χ2v) is 9.09. The number of para-hydroxylation sites is 1. The van der Waals surface area contributed by atoms with Crippen LogP contribution < -0.4 is 16.4 Å². The van der Waals surface area contributed by atoms with Crippen molar-refractivity contribution < 1.29 is 0 Å². The van der Waals surface area contributed by atoms with E-state index in [0.717, 1.165) is 58.0 Å². The van der Waals surface area contributed by atoms with Crippen molar-refractivity contribution in [1.82, 2.24) is 15.2 Å². The van der Waals surface area contributed by atoms with Gasteiger partial charge in [-0.2, -0.15) is 0 Å². The Morgan fingerprint density at radius 2 is 1.94 bits per heavy atom. The van der Waals surface area contributed by atoms with Crippen LogP contribution in [-0.2, 0) is 6.54 Å². The van der Waals surface area contributed by atoms with Gasteiger partial charge in [-0.1, -0.05) is 48.0 Å². The lowest BCUT2D eigenvalue weighted by Crippen LogP contribution is -2.29. The molecule has 0 bridgehead atoms. The summed E-state index contributed by atoms with van der Waals surface area (Å²) >= 11 is 0. The van der Waals surface area contributed by atoms with Gasteiger partial charge in [-0.25, -0.2) is 0 Å². The molecule has 1 atom stereocenters. The number of aryl methyl sites for hydroxylation is 1. The highest BCUT2D eigenvalue weighted by Crippen LogP contribution is 2.35. The van der Waals surface area contributed by atoms with Crippen LogP contribution in [0.15, 0.2) is 54.7 Å². The minimum atomic E-state index is 0.393. The van der Waals surface area contributed by atoms with Gasteiger partial charge in [-0.3, -0.25) is 0 Å². The number of nitrogens with two attached hydrogens (primary N) is 1. The van der Waals surface area contributed by atoms with Gasteiger partial charge in [0.05, 0.1) is 0 Å². The zero-order valence-corrected chi connectivity index (χ0v) is 18.9. The average molecular weight is 419 g/mol. The topological polar surface area (TPSA) is 55.0 Å². The lowest BCUT2D eigenvalue weighted by atomic mass is 9.87. The second kappa shape index (κ2) is 10.9. The van der Waals surface area contributed by atoms with E-state index in [1.807, 2.05) is 0 Å². The van der Waals surface area contributed by atoms with Crippen molar-refractivity contribution in [3.63, 3.8) is 0 Å². The van der Waals surface area contributed by atoms with E-state index in [-0.39, 0.29) is 0 Å². The number of fused-ring (bicyclic) bond motifs is 1. The Balaban J connectivity index is 1.65. The van der Waals surface area contributed by atoms with Crippen molar-refractivity contribution in [3.05, 3.63) is 71.4 Å². The van der Waals surface area contributed by atoms with Crippen LogP contribution in [0.1, 0.15) is 48.3 Å². The molecule has 2 heterocycles. The molecule has 3 aromatic rings. The Morgan fingerprint density at radius 1 is 1.10 bits per heavy atom. The lowest BCUT2D eigenvalue weighted by Gasteiger charge is -2.23. The van der Waals surface area contributed by atoms with E-state index in [4.69, 9.17) is 5.73 Å². The Morgan fingerprint density at radius 3 is 2.74 bits per heavy atom. The predicted octanol–water partition coefficient (Wildman–Crippen LogP) is 4.41. The van der Waals surface area contributed by atoms with E-state index in [1.165, 1.54) is 40.4 Å². The molecule has 4 heteroatoms. The minimum absolute atomic E-state index is 0.393. The molecule has 31 heavy (non-hydrogen) atoms. The first kappa shape index (κ1) is 22.1. The molecule has 1 aliphatic rings. The zero-order valence-electron chi connectivity index (χ0n) is 18.9. The van der Waals surface area contributed by atoms with Gasteiger partial charge in [0.1, 0.15) is 0 Å². The van der Waals surface area contributed by atoms with Crippen LogP contribution in [0.25, 0.3) is 10.9 Å². The predicted molar refractivity (Wildman–Crippen MR) is 132 cm³/mol. The van der Waals surface area contributed by atoms with Gasteiger partial charge in [0.15, 0.2) is 0 Å². The maximum absolute atomic E-state index is 5.66. The van der Waals surface area contributed by atoms with Crippen molar-refractivity contribution >= 4 is 10.9 Å². The summed E-state index contributed by atoms with van der Waals surface area (Å²) in [5.41, 5.74) is 11.3. The van der Waals surface area contributed by atoms with Gasteiger partial charge >= 0.3 is 0 Å². The molecule has 1 fully saturated rings. The summed E-state index contributed by atoms with van der Waals surface area (Å²) in [4.78, 5) is 0. The monoisotopic (exact) mass is 418 g/mol. The van der Waals surface area contributed by atoms with Crippen LogP contribution in [0.3, 0.4) is 0 Å². The minimum Gasteiger partial charge on any atom is -0.347 e. The summed E-state index contributed by atoms with van der Waals surface area (Å²) in [5, 5.41) is 8.51. The fourth-order valence-electron chi connectivity index (χ4n) is 5.03. The normalized spacial score (nSPS) is 16.1. The lowest BCUT2D eigenvalue weighted by molar-refractivity contribution is 0.336. The van der Waals surface area contributed by atoms with Crippen LogP contribution in [0.5, 0.6) is 0 Å². The maximum atomic E-state index is 5.66. The highest BCUT2D eigenvalue weighted by molar-refractivity contribution is 5.85. The van der Waals surface area contributed by atoms with Crippen LogP contribution in [0.2, 0.25) is 0 Å². The first-order chi connectivity index (χ1) is 15.3. The fraction of sp³-hybridized carbons (Fsp3) is 0.481. The summed E-state index contributed by atoms with van der Waals surface area (Å²) in [6, 6.07) is 18.0. The van der Waals surface area contributed by atoms with Crippen LogP contribution in [0.4, 0.5) is 0 Å². The van der Waals surface area contributed by atoms with E-state index >= 15 is 0 Å². The molecule has 0 saturated carbocycles. The molecule has 0 spiro atoms. The van der Waals surface area contributed by atoms with Crippen molar-refractivity contribution in [2.45, 2.75) is 45.1 Å². The Labute approximate surface area is 187 Å². The third-order valence-corrected chi connectivity index (χ3v) is 6.72. The van der Waals surface area contributed by atoms with Crippen molar-refractivity contribution in [1.29, 1.82) is 0 Å². The number of nitrogens with one attached hydrogen (secondary N) is 2. The van der Waals surface area contributed by atoms with Gasteiger partial charge in [0.2, 0.25) is 0 Å². The number of nitrogens with zero attached hydrogens (tertiary/aromatic N) is 1. The Kier molecular flexibility index (Phi) is 7.79. The SMILES string of the molecule is Cc1cccc(C(CCNCCCN)c2cn(CC3CCNCC3)c3ccccc23)c1. The largest absolute Gasteiger partial charge is 0.347 e. The smallest absolute Gasteiger partial charge is 0.0483 e. The molecule has 4 nitrogen and oxygen atoms in total. The van der Waals surface area contributed by atoms with Gasteiger partial charge < -0.3 is 20.9 Å². The molecule has 0 amide bonds. The fourth-order valence-corrected chi connectivity index (χ4v) is 5.03. The molecule has 166 valence electrons. The highest BCUT2D eigenvalue weighted by Gasteiger charge is 2.21. The third kappa shape index (κ3) is 5.57.